The largest absolute Gasteiger partial charge is 0.493 e. The Morgan fingerprint density at radius 3 is 2.95 bits per heavy atom. The first-order valence-electron chi connectivity index (χ1n) is 6.36. The van der Waals surface area contributed by atoms with Gasteiger partial charge >= 0.3 is 0 Å². The molecule has 20 heavy (non-hydrogen) atoms. The maximum absolute atomic E-state index is 12.2. The summed E-state index contributed by atoms with van der Waals surface area (Å²) in [5.41, 5.74) is 0.576. The monoisotopic (exact) mass is 352 g/mol. The fourth-order valence-electron chi connectivity index (χ4n) is 2.33. The molecular formula is C14H13BrN2O2S. The van der Waals surface area contributed by atoms with Gasteiger partial charge in [0.2, 0.25) is 5.88 Å². The quantitative estimate of drug-likeness (QED) is 0.868. The summed E-state index contributed by atoms with van der Waals surface area (Å²) >= 11 is 5.13. The van der Waals surface area contributed by atoms with Gasteiger partial charge in [-0.25, -0.2) is 0 Å². The van der Waals surface area contributed by atoms with Gasteiger partial charge in [-0.2, -0.15) is 16.7 Å². The molecule has 1 aromatic carbocycles. The number of hydrogen-bond acceptors (Lipinski definition) is 4. The zero-order valence-corrected chi connectivity index (χ0v) is 13.0. The molecular weight excluding hydrogens is 340 g/mol. The summed E-state index contributed by atoms with van der Waals surface area (Å²) in [6.07, 6.45) is 2.11. The highest BCUT2D eigenvalue weighted by Crippen LogP contribution is 2.38. The number of aromatic hydroxyl groups is 1. The Bertz CT molecular complexity index is 696. The highest BCUT2D eigenvalue weighted by Gasteiger charge is 2.22. The molecule has 1 unspecified atom stereocenters. The lowest BCUT2D eigenvalue weighted by Crippen LogP contribution is -2.15. The molecule has 1 atom stereocenters. The fraction of sp³-hybridized carbons (Fsp3) is 0.286. The van der Waals surface area contributed by atoms with Gasteiger partial charge in [-0.3, -0.25) is 4.79 Å². The van der Waals surface area contributed by atoms with Gasteiger partial charge in [0, 0.05) is 4.47 Å². The van der Waals surface area contributed by atoms with E-state index >= 15 is 0 Å². The number of H-pyrrole nitrogens is 1. The van der Waals surface area contributed by atoms with Gasteiger partial charge in [0.05, 0.1) is 5.25 Å². The first kappa shape index (κ1) is 13.7. The van der Waals surface area contributed by atoms with Crippen molar-refractivity contribution in [3.05, 3.63) is 44.9 Å². The van der Waals surface area contributed by atoms with E-state index in [9.17, 15) is 9.90 Å². The minimum Gasteiger partial charge on any atom is -0.493 e. The molecule has 0 bridgehead atoms. The van der Waals surface area contributed by atoms with Crippen LogP contribution in [0.15, 0.2) is 33.5 Å². The number of hydrogen-bond donors (Lipinski definition) is 2. The van der Waals surface area contributed by atoms with Crippen LogP contribution in [0.5, 0.6) is 5.88 Å². The molecule has 0 radical (unpaired) electrons. The Kier molecular flexibility index (Phi) is 3.85. The predicted molar refractivity (Wildman–Crippen MR) is 84.1 cm³/mol. The van der Waals surface area contributed by atoms with Crippen molar-refractivity contribution in [1.82, 2.24) is 9.97 Å². The van der Waals surface area contributed by atoms with Crippen LogP contribution in [0.3, 0.4) is 0 Å². The van der Waals surface area contributed by atoms with E-state index in [-0.39, 0.29) is 22.3 Å². The second-order valence-corrected chi connectivity index (χ2v) is 6.89. The first-order chi connectivity index (χ1) is 9.65. The van der Waals surface area contributed by atoms with Gasteiger partial charge in [0.25, 0.3) is 5.56 Å². The van der Waals surface area contributed by atoms with Crippen LogP contribution < -0.4 is 5.56 Å². The smallest absolute Gasteiger partial charge is 0.262 e. The maximum Gasteiger partial charge on any atom is 0.262 e. The molecule has 104 valence electrons. The van der Waals surface area contributed by atoms with Gasteiger partial charge in [0.1, 0.15) is 11.4 Å². The van der Waals surface area contributed by atoms with Gasteiger partial charge in [-0.05, 0) is 36.3 Å². The SMILES string of the molecule is O=c1[nH]c(C2CCCS2)nc(O)c1-c1cccc(Br)c1. The Morgan fingerprint density at radius 1 is 1.45 bits per heavy atom. The van der Waals surface area contributed by atoms with Crippen molar-refractivity contribution in [1.29, 1.82) is 0 Å². The van der Waals surface area contributed by atoms with Crippen molar-refractivity contribution in [2.24, 2.45) is 0 Å². The highest BCUT2D eigenvalue weighted by molar-refractivity contribution is 9.10. The third kappa shape index (κ3) is 2.62. The molecule has 1 fully saturated rings. The molecule has 4 nitrogen and oxygen atoms in total. The average molecular weight is 353 g/mol. The molecule has 6 heteroatoms. The van der Waals surface area contributed by atoms with Crippen LogP contribution in [0, 0.1) is 0 Å². The lowest BCUT2D eigenvalue weighted by Gasteiger charge is -2.10. The molecule has 2 heterocycles. The van der Waals surface area contributed by atoms with E-state index in [1.165, 1.54) is 0 Å². The molecule has 0 saturated carbocycles. The lowest BCUT2D eigenvalue weighted by molar-refractivity contribution is 0.449. The number of thioether (sulfide) groups is 1. The molecule has 1 saturated heterocycles. The van der Waals surface area contributed by atoms with Crippen molar-refractivity contribution in [3.8, 4) is 17.0 Å². The Morgan fingerprint density at radius 2 is 2.30 bits per heavy atom. The molecule has 0 spiro atoms. The summed E-state index contributed by atoms with van der Waals surface area (Å²) in [5, 5.41) is 10.3. The Labute approximate surface area is 128 Å². The maximum atomic E-state index is 12.2. The van der Waals surface area contributed by atoms with Crippen molar-refractivity contribution in [3.63, 3.8) is 0 Å². The highest BCUT2D eigenvalue weighted by atomic mass is 79.9. The summed E-state index contributed by atoms with van der Waals surface area (Å²) in [7, 11) is 0. The number of aromatic amines is 1. The van der Waals surface area contributed by atoms with Crippen molar-refractivity contribution >= 4 is 27.7 Å². The predicted octanol–water partition coefficient (Wildman–Crippen LogP) is 3.47. The molecule has 1 aliphatic rings. The first-order valence-corrected chi connectivity index (χ1v) is 8.20. The van der Waals surface area contributed by atoms with E-state index in [0.717, 1.165) is 23.1 Å². The minimum absolute atomic E-state index is 0.185. The van der Waals surface area contributed by atoms with Crippen LogP contribution in [0.2, 0.25) is 0 Å². The standard InChI is InChI=1S/C14H13BrN2O2S/c15-9-4-1-3-8(7-9)11-13(18)16-12(17-14(11)19)10-5-2-6-20-10/h1,3-4,7,10H,2,5-6H2,(H2,16,17,18,19). The van der Waals surface area contributed by atoms with Gasteiger partial charge in [0.15, 0.2) is 0 Å². The van der Waals surface area contributed by atoms with Crippen LogP contribution in [0.4, 0.5) is 0 Å². The summed E-state index contributed by atoms with van der Waals surface area (Å²) in [6.45, 7) is 0. The molecule has 2 N–H and O–H groups in total. The molecule has 0 aliphatic carbocycles. The Hall–Kier alpha value is -1.27. The second-order valence-electron chi connectivity index (χ2n) is 4.66. The Balaban J connectivity index is 2.07. The van der Waals surface area contributed by atoms with E-state index in [2.05, 4.69) is 25.9 Å². The normalized spacial score (nSPS) is 18.4. The third-order valence-electron chi connectivity index (χ3n) is 3.27. The topological polar surface area (TPSA) is 66.0 Å². The summed E-state index contributed by atoms with van der Waals surface area (Å²) < 4.78 is 0.851. The van der Waals surface area contributed by atoms with E-state index in [0.29, 0.717) is 11.4 Å². The van der Waals surface area contributed by atoms with Crippen LogP contribution in [0.25, 0.3) is 11.1 Å². The number of rotatable bonds is 2. The van der Waals surface area contributed by atoms with Crippen molar-refractivity contribution < 1.29 is 5.11 Å². The number of aromatic nitrogens is 2. The molecule has 0 amide bonds. The van der Waals surface area contributed by atoms with E-state index in [1.807, 2.05) is 12.1 Å². The third-order valence-corrected chi connectivity index (χ3v) is 5.15. The van der Waals surface area contributed by atoms with Crippen LogP contribution in [-0.2, 0) is 0 Å². The van der Waals surface area contributed by atoms with Gasteiger partial charge < -0.3 is 10.1 Å². The number of halogens is 1. The molecule has 3 rings (SSSR count). The number of nitrogens with one attached hydrogen (secondary N) is 1. The summed E-state index contributed by atoms with van der Waals surface area (Å²) in [6, 6.07) is 7.25. The fourth-order valence-corrected chi connectivity index (χ4v) is 3.95. The molecule has 1 aliphatic heterocycles. The zero-order chi connectivity index (χ0) is 14.1. The lowest BCUT2D eigenvalue weighted by atomic mass is 10.1. The minimum atomic E-state index is -0.293. The van der Waals surface area contributed by atoms with Gasteiger partial charge in [-0.15, -0.1) is 0 Å². The second kappa shape index (κ2) is 5.61. The van der Waals surface area contributed by atoms with Crippen molar-refractivity contribution in [2.45, 2.75) is 18.1 Å². The van der Waals surface area contributed by atoms with E-state index in [1.54, 1.807) is 23.9 Å². The molecule has 1 aromatic heterocycles. The van der Waals surface area contributed by atoms with E-state index < -0.39 is 0 Å². The zero-order valence-electron chi connectivity index (χ0n) is 10.6. The summed E-state index contributed by atoms with van der Waals surface area (Å²) in [5.74, 6) is 1.45. The van der Waals surface area contributed by atoms with Crippen LogP contribution in [0.1, 0.15) is 23.9 Å². The molecule has 2 aromatic rings. The van der Waals surface area contributed by atoms with Gasteiger partial charge in [-0.1, -0.05) is 28.1 Å². The van der Waals surface area contributed by atoms with Crippen LogP contribution in [-0.4, -0.2) is 20.8 Å². The summed E-state index contributed by atoms with van der Waals surface area (Å²) in [4.78, 5) is 19.2. The van der Waals surface area contributed by atoms with E-state index in [4.69, 9.17) is 0 Å². The number of nitrogens with zero attached hydrogens (tertiary/aromatic N) is 1. The number of benzene rings is 1. The van der Waals surface area contributed by atoms with Crippen molar-refractivity contribution in [2.75, 3.05) is 5.75 Å². The van der Waals surface area contributed by atoms with Crippen LogP contribution >= 0.6 is 27.7 Å². The average Bonchev–Trinajstić information content (AvgIpc) is 2.91.